The number of pyridine rings is 1. The minimum atomic E-state index is -0.626. The Labute approximate surface area is 299 Å². The molecular formula is C37H39N9O6. The fourth-order valence-electron chi connectivity index (χ4n) is 7.63. The number of rotatable bonds is 9. The first kappa shape index (κ1) is 33.4. The second-order valence-corrected chi connectivity index (χ2v) is 14.1. The van der Waals surface area contributed by atoms with Crippen molar-refractivity contribution in [3.63, 3.8) is 0 Å². The molecule has 0 bridgehead atoms. The van der Waals surface area contributed by atoms with E-state index in [4.69, 9.17) is 4.74 Å². The molecule has 0 saturated carbocycles. The highest BCUT2D eigenvalue weighted by atomic mass is 16.5. The van der Waals surface area contributed by atoms with Crippen LogP contribution in [0.2, 0.25) is 0 Å². The molecule has 2 N–H and O–H groups in total. The molecular weight excluding hydrogens is 666 g/mol. The van der Waals surface area contributed by atoms with Crippen LogP contribution >= 0.6 is 0 Å². The van der Waals surface area contributed by atoms with Gasteiger partial charge in [0.1, 0.15) is 23.0 Å². The van der Waals surface area contributed by atoms with Crippen LogP contribution in [0.1, 0.15) is 87.4 Å². The van der Waals surface area contributed by atoms with Gasteiger partial charge in [0.25, 0.3) is 17.7 Å². The Hall–Kier alpha value is -5.70. The van der Waals surface area contributed by atoms with Crippen molar-refractivity contribution in [3.05, 3.63) is 82.4 Å². The van der Waals surface area contributed by atoms with E-state index in [1.165, 1.54) is 10.7 Å². The van der Waals surface area contributed by atoms with Crippen LogP contribution in [0.25, 0.3) is 5.65 Å². The number of amides is 5. The van der Waals surface area contributed by atoms with Gasteiger partial charge in [-0.05, 0) is 68.9 Å². The summed E-state index contributed by atoms with van der Waals surface area (Å²) in [5.41, 5.74) is 4.85. The summed E-state index contributed by atoms with van der Waals surface area (Å²) in [5.74, 6) is -1.22. The molecule has 2 saturated heterocycles. The van der Waals surface area contributed by atoms with E-state index in [9.17, 15) is 24.0 Å². The standard InChI is InChI=1S/C37H39N9O6/c1-21(2)52-35-28(40-33(48)27-18-39-46-12-3-11-38-32(27)46)17-24-20-44(37(51)31(24)42-35)25-9-14-43(15-10-25)13-8-22-4-5-26-23(16-22)19-45(36(26)50)29-6-7-30(47)41-34(29)49/h3-5,11-12,16-18,21,25,29H,6-10,13-15,19-20H2,1-2H3,(H,40,48)(H,41,47,49). The highest BCUT2D eigenvalue weighted by Crippen LogP contribution is 2.34. The van der Waals surface area contributed by atoms with E-state index in [1.807, 2.05) is 30.9 Å². The van der Waals surface area contributed by atoms with Crippen LogP contribution in [-0.4, -0.2) is 102 Å². The summed E-state index contributed by atoms with van der Waals surface area (Å²) < 4.78 is 7.49. The third kappa shape index (κ3) is 6.25. The number of benzene rings is 1. The SMILES string of the molecule is CC(C)Oc1nc2c(cc1NC(=O)c1cnn3cccnc13)CN(C1CCN(CCc3ccc4c(c3)CN(C3CCC(=O)NC3=O)C4=O)CC1)C2=O. The summed E-state index contributed by atoms with van der Waals surface area (Å²) in [6, 6.07) is 8.84. The zero-order chi connectivity index (χ0) is 36.1. The minimum absolute atomic E-state index is 0.0552. The Kier molecular flexibility index (Phi) is 8.65. The van der Waals surface area contributed by atoms with E-state index in [-0.39, 0.29) is 42.2 Å². The fourth-order valence-corrected chi connectivity index (χ4v) is 7.63. The van der Waals surface area contributed by atoms with Gasteiger partial charge in [-0.2, -0.15) is 5.10 Å². The predicted molar refractivity (Wildman–Crippen MR) is 186 cm³/mol. The van der Waals surface area contributed by atoms with Crippen molar-refractivity contribution in [2.24, 2.45) is 0 Å². The van der Waals surface area contributed by atoms with E-state index in [0.29, 0.717) is 47.7 Å². The molecule has 5 amide bonds. The Morgan fingerprint density at radius 1 is 1.02 bits per heavy atom. The largest absolute Gasteiger partial charge is 0.473 e. The van der Waals surface area contributed by atoms with Gasteiger partial charge in [0.05, 0.1) is 12.3 Å². The summed E-state index contributed by atoms with van der Waals surface area (Å²) in [5, 5.41) is 9.48. The lowest BCUT2D eigenvalue weighted by Gasteiger charge is -2.36. The summed E-state index contributed by atoms with van der Waals surface area (Å²) >= 11 is 0. The molecule has 3 aromatic heterocycles. The molecule has 1 unspecified atom stereocenters. The van der Waals surface area contributed by atoms with Crippen LogP contribution in [0.15, 0.2) is 48.9 Å². The Bertz CT molecular complexity index is 2120. The van der Waals surface area contributed by atoms with Gasteiger partial charge in [0.2, 0.25) is 17.7 Å². The van der Waals surface area contributed by atoms with Crippen molar-refractivity contribution in [3.8, 4) is 5.88 Å². The number of ether oxygens (including phenoxy) is 1. The normalized spacial score (nSPS) is 19.4. The van der Waals surface area contributed by atoms with E-state index in [0.717, 1.165) is 55.6 Å². The fraction of sp³-hybridized carbons (Fsp3) is 0.405. The zero-order valence-electron chi connectivity index (χ0n) is 29.0. The van der Waals surface area contributed by atoms with Crippen molar-refractivity contribution in [2.75, 3.05) is 25.0 Å². The monoisotopic (exact) mass is 705 g/mol. The first-order chi connectivity index (χ1) is 25.1. The maximum Gasteiger partial charge on any atom is 0.273 e. The number of imide groups is 1. The molecule has 1 atom stereocenters. The number of piperidine rings is 2. The number of fused-ring (bicyclic) bond motifs is 3. The smallest absolute Gasteiger partial charge is 0.273 e. The van der Waals surface area contributed by atoms with E-state index in [2.05, 4.69) is 36.7 Å². The molecule has 0 aliphatic carbocycles. The van der Waals surface area contributed by atoms with Crippen molar-refractivity contribution in [1.29, 1.82) is 0 Å². The van der Waals surface area contributed by atoms with Crippen LogP contribution in [-0.2, 0) is 29.1 Å². The quantitative estimate of drug-likeness (QED) is 0.247. The molecule has 268 valence electrons. The van der Waals surface area contributed by atoms with Gasteiger partial charge in [0.15, 0.2) is 5.65 Å². The van der Waals surface area contributed by atoms with Crippen LogP contribution in [0.4, 0.5) is 5.69 Å². The number of hydrogen-bond donors (Lipinski definition) is 2. The molecule has 0 radical (unpaired) electrons. The molecule has 52 heavy (non-hydrogen) atoms. The molecule has 15 heteroatoms. The van der Waals surface area contributed by atoms with Gasteiger partial charge in [-0.15, -0.1) is 0 Å². The molecule has 0 spiro atoms. The number of nitrogens with one attached hydrogen (secondary N) is 2. The number of aromatic nitrogens is 4. The molecule has 1 aromatic carbocycles. The van der Waals surface area contributed by atoms with Crippen LogP contribution in [0.5, 0.6) is 5.88 Å². The van der Waals surface area contributed by atoms with Gasteiger partial charge in [0, 0.05) is 68.7 Å². The Morgan fingerprint density at radius 3 is 2.62 bits per heavy atom. The highest BCUT2D eigenvalue weighted by Gasteiger charge is 2.40. The van der Waals surface area contributed by atoms with Crippen molar-refractivity contribution < 1.29 is 28.7 Å². The molecule has 8 rings (SSSR count). The van der Waals surface area contributed by atoms with Gasteiger partial charge in [-0.3, -0.25) is 29.3 Å². The molecule has 4 aliphatic rings. The van der Waals surface area contributed by atoms with E-state index >= 15 is 0 Å². The maximum absolute atomic E-state index is 13.7. The van der Waals surface area contributed by atoms with Crippen LogP contribution in [0.3, 0.4) is 0 Å². The lowest BCUT2D eigenvalue weighted by molar-refractivity contribution is -0.136. The maximum atomic E-state index is 13.7. The Morgan fingerprint density at radius 2 is 1.83 bits per heavy atom. The molecule has 7 heterocycles. The number of likely N-dealkylation sites (tertiary alicyclic amines) is 1. The van der Waals surface area contributed by atoms with Crippen molar-refractivity contribution in [2.45, 2.75) is 77.2 Å². The molecule has 15 nitrogen and oxygen atoms in total. The Balaban J connectivity index is 0.882. The molecule has 4 aliphatic heterocycles. The van der Waals surface area contributed by atoms with E-state index in [1.54, 1.807) is 29.4 Å². The van der Waals surface area contributed by atoms with Crippen molar-refractivity contribution in [1.82, 2.24) is 39.6 Å². The van der Waals surface area contributed by atoms with E-state index < -0.39 is 17.9 Å². The molecule has 2 fully saturated rings. The van der Waals surface area contributed by atoms with Gasteiger partial charge >= 0.3 is 0 Å². The predicted octanol–water partition coefficient (Wildman–Crippen LogP) is 2.59. The summed E-state index contributed by atoms with van der Waals surface area (Å²) in [6.45, 7) is 7.00. The second-order valence-electron chi connectivity index (χ2n) is 14.1. The topological polar surface area (TPSA) is 171 Å². The minimum Gasteiger partial charge on any atom is -0.473 e. The second kappa shape index (κ2) is 13.5. The number of nitrogens with zero attached hydrogens (tertiary/aromatic N) is 7. The number of anilines is 1. The lowest BCUT2D eigenvalue weighted by Crippen LogP contribution is -2.52. The van der Waals surface area contributed by atoms with Gasteiger partial charge in [-0.25, -0.2) is 14.5 Å². The first-order valence-corrected chi connectivity index (χ1v) is 17.7. The summed E-state index contributed by atoms with van der Waals surface area (Å²) in [6.07, 6.45) is 7.56. The lowest BCUT2D eigenvalue weighted by atomic mass is 10.0. The highest BCUT2D eigenvalue weighted by molar-refractivity contribution is 6.09. The number of hydrogen-bond acceptors (Lipinski definition) is 10. The summed E-state index contributed by atoms with van der Waals surface area (Å²) in [7, 11) is 0. The van der Waals surface area contributed by atoms with Gasteiger partial charge in [-0.1, -0.05) is 12.1 Å². The van der Waals surface area contributed by atoms with Gasteiger partial charge < -0.3 is 24.8 Å². The third-order valence-corrected chi connectivity index (χ3v) is 10.3. The number of carbonyl (C=O) groups excluding carboxylic acids is 5. The molecule has 4 aromatic rings. The first-order valence-electron chi connectivity index (χ1n) is 17.7. The summed E-state index contributed by atoms with van der Waals surface area (Å²) in [4.78, 5) is 78.8. The average Bonchev–Trinajstić information content (AvgIpc) is 3.80. The van der Waals surface area contributed by atoms with Crippen LogP contribution in [0, 0.1) is 0 Å². The third-order valence-electron chi connectivity index (χ3n) is 10.3. The zero-order valence-corrected chi connectivity index (χ0v) is 29.0. The number of carbonyl (C=O) groups is 5. The van der Waals surface area contributed by atoms with Crippen molar-refractivity contribution >= 4 is 40.9 Å². The van der Waals surface area contributed by atoms with Crippen LogP contribution < -0.4 is 15.4 Å². The average molecular weight is 706 g/mol.